The van der Waals surface area contributed by atoms with Crippen molar-refractivity contribution < 1.29 is 0 Å². The molecule has 0 fully saturated rings. The fourth-order valence-corrected chi connectivity index (χ4v) is 23.0. The SMILES string of the molecule is C=CCCCCCCCCCCCCCCC=CCC(CCCC)CCCCCCC(CCCCCCCCCC)CC(CCCCCCCCCCCCCCCCCCCC=C)C(CC(C)CC(C)CC(C)CC(C)CC(C)CC=C)=C(CCCCCCCCCCCCCCCCCCCCCCCCCCC=C)CC(C)CCCC(C)CC(C)CCC=C. The zero-order valence-corrected chi connectivity index (χ0v) is 90.0. The van der Waals surface area contributed by atoms with Crippen LogP contribution in [0.2, 0.25) is 0 Å². The Morgan fingerprint density at radius 2 is 0.472 bits per heavy atom. The molecule has 750 valence electrons. The predicted molar refractivity (Wildman–Crippen MR) is 587 cm³/mol. The molecule has 0 heterocycles. The molecule has 0 aliphatic carbocycles. The molecule has 127 heavy (non-hydrogen) atoms. The Morgan fingerprint density at radius 3 is 0.835 bits per heavy atom. The molecular formula is C127H242. The van der Waals surface area contributed by atoms with Crippen molar-refractivity contribution in [1.82, 2.24) is 0 Å². The van der Waals surface area contributed by atoms with Crippen LogP contribution in [0.4, 0.5) is 0 Å². The lowest BCUT2D eigenvalue weighted by Gasteiger charge is -2.32. The van der Waals surface area contributed by atoms with E-state index in [4.69, 9.17) is 0 Å². The zero-order chi connectivity index (χ0) is 92.5. The van der Waals surface area contributed by atoms with Crippen LogP contribution in [0.1, 0.15) is 660 Å². The first-order valence-corrected chi connectivity index (χ1v) is 59.7. The fraction of sp³-hybridized carbons (Fsp3) is 0.890. The van der Waals surface area contributed by atoms with Gasteiger partial charge in [0.05, 0.1) is 0 Å². The summed E-state index contributed by atoms with van der Waals surface area (Å²) in [6.45, 7) is 45.7. The fourth-order valence-electron chi connectivity index (χ4n) is 23.0. The van der Waals surface area contributed by atoms with Crippen molar-refractivity contribution in [2.24, 2.45) is 65.1 Å². The van der Waals surface area contributed by atoms with Gasteiger partial charge in [0.15, 0.2) is 0 Å². The Kier molecular flexibility index (Phi) is 100. The summed E-state index contributed by atoms with van der Waals surface area (Å²) in [5, 5.41) is 0. The van der Waals surface area contributed by atoms with Gasteiger partial charge in [-0.1, -0.05) is 566 Å². The number of allylic oxidation sites excluding steroid dienone is 9. The van der Waals surface area contributed by atoms with E-state index >= 15 is 0 Å². The van der Waals surface area contributed by atoms with Gasteiger partial charge in [-0.2, -0.15) is 0 Å². The molecule has 0 radical (unpaired) electrons. The second-order valence-electron chi connectivity index (χ2n) is 44.9. The van der Waals surface area contributed by atoms with E-state index in [0.717, 1.165) is 71.5 Å². The zero-order valence-electron chi connectivity index (χ0n) is 90.0. The maximum absolute atomic E-state index is 4.12. The van der Waals surface area contributed by atoms with Gasteiger partial charge in [-0.25, -0.2) is 0 Å². The molecule has 0 bridgehead atoms. The molecule has 0 aliphatic rings. The van der Waals surface area contributed by atoms with E-state index < -0.39 is 0 Å². The summed E-state index contributed by atoms with van der Waals surface area (Å²) in [4.78, 5) is 0. The van der Waals surface area contributed by atoms with Crippen LogP contribution < -0.4 is 0 Å². The van der Waals surface area contributed by atoms with Crippen LogP contribution in [0.3, 0.4) is 0 Å². The summed E-state index contributed by atoms with van der Waals surface area (Å²) in [7, 11) is 0. The third-order valence-corrected chi connectivity index (χ3v) is 30.7. The lowest BCUT2D eigenvalue weighted by Crippen LogP contribution is -2.18. The van der Waals surface area contributed by atoms with E-state index in [0.29, 0.717) is 0 Å². The first-order chi connectivity index (χ1) is 62.3. The Morgan fingerprint density at radius 1 is 0.189 bits per heavy atom. The van der Waals surface area contributed by atoms with E-state index in [1.54, 1.807) is 0 Å². The quantitative estimate of drug-likeness (QED) is 0.0421. The molecule has 0 aliphatic heterocycles. The van der Waals surface area contributed by atoms with Crippen LogP contribution in [0.25, 0.3) is 0 Å². The smallest absolute Gasteiger partial charge is 0.0198 e. The normalized spacial score (nSPS) is 14.8. The van der Waals surface area contributed by atoms with Gasteiger partial charge in [0, 0.05) is 0 Å². The number of hydrogen-bond donors (Lipinski definition) is 0. The molecule has 0 nitrogen and oxygen atoms in total. The van der Waals surface area contributed by atoms with Gasteiger partial charge in [0.1, 0.15) is 0 Å². The molecule has 0 aromatic carbocycles. The Bertz CT molecular complexity index is 2250. The maximum Gasteiger partial charge on any atom is -0.0198 e. The standard InChI is InChI=1S/C127H242/c1-16-23-29-33-37-41-44-47-50-53-55-56-57-58-59-60-61-63-66-68-71-74-77-81-85-93-105-125(112-118(11)99-95-98-117(10)107-116(9)97-27-20-5)127(113-122(15)111-121(14)110-120(13)109-119(12)108-115(8)96-22-7)126(106-94-86-82-78-75-72-69-65-62-54-51-48-45-42-38-34-30-24-17-2)114-124(103-91-84-79-40-36-32-26-19-4)104-92-88-87-90-102-123(100-28-21-6)101-89-83-80-76-73-70-67-64-52-49-46-43-39-35-31-25-18-3/h16-18,20,22,83,89,115-124,126H,1-3,5,7,19,21,23-82,84-88,90-114H2,4,6,8-15H3. The van der Waals surface area contributed by atoms with Crippen molar-refractivity contribution in [1.29, 1.82) is 0 Å². The largest absolute Gasteiger partial charge is 0.103 e. The summed E-state index contributed by atoms with van der Waals surface area (Å²) in [6, 6.07) is 0. The summed E-state index contributed by atoms with van der Waals surface area (Å²) < 4.78 is 0. The summed E-state index contributed by atoms with van der Waals surface area (Å²) in [5.74, 6) is 8.76. The van der Waals surface area contributed by atoms with Gasteiger partial charge in [-0.05, 0) is 213 Å². The third-order valence-electron chi connectivity index (χ3n) is 30.7. The Balaban J connectivity index is 7.08. The van der Waals surface area contributed by atoms with Crippen molar-refractivity contribution in [2.45, 2.75) is 660 Å². The molecule has 0 heteroatoms. The van der Waals surface area contributed by atoms with Gasteiger partial charge < -0.3 is 0 Å². The van der Waals surface area contributed by atoms with Crippen LogP contribution in [-0.4, -0.2) is 0 Å². The maximum atomic E-state index is 4.12. The van der Waals surface area contributed by atoms with Crippen LogP contribution in [0.15, 0.2) is 86.6 Å². The molecule has 0 aromatic heterocycles. The predicted octanol–water partition coefficient (Wildman–Crippen LogP) is 46.6. The minimum absolute atomic E-state index is 0.740. The number of unbranched alkanes of at least 4 members (excludes halogenated alkanes) is 65. The second-order valence-corrected chi connectivity index (χ2v) is 44.9. The third kappa shape index (κ3) is 91.7. The number of hydrogen-bond acceptors (Lipinski definition) is 0. The highest BCUT2D eigenvalue weighted by molar-refractivity contribution is 5.19. The molecule has 0 spiro atoms. The molecular weight excluding hydrogens is 1530 g/mol. The van der Waals surface area contributed by atoms with E-state index in [9.17, 15) is 0 Å². The topological polar surface area (TPSA) is 0 Å². The molecule has 11 atom stereocenters. The lowest BCUT2D eigenvalue weighted by atomic mass is 9.73. The van der Waals surface area contributed by atoms with Crippen molar-refractivity contribution >= 4 is 0 Å². The number of rotatable bonds is 109. The average molecular weight is 1770 g/mol. The molecule has 0 amide bonds. The second kappa shape index (κ2) is 102. The summed E-state index contributed by atoms with van der Waals surface area (Å²) >= 11 is 0. The van der Waals surface area contributed by atoms with Gasteiger partial charge >= 0.3 is 0 Å². The monoisotopic (exact) mass is 1770 g/mol. The highest BCUT2D eigenvalue weighted by Gasteiger charge is 2.27. The summed E-state index contributed by atoms with van der Waals surface area (Å²) in [5.41, 5.74) is 4.08. The van der Waals surface area contributed by atoms with Crippen molar-refractivity contribution in [3.63, 3.8) is 0 Å². The van der Waals surface area contributed by atoms with E-state index in [-0.39, 0.29) is 0 Å². The highest BCUT2D eigenvalue weighted by atomic mass is 14.3. The molecule has 0 N–H and O–H groups in total. The van der Waals surface area contributed by atoms with Crippen LogP contribution in [0.5, 0.6) is 0 Å². The average Bonchev–Trinajstić information content (AvgIpc) is 0.843. The van der Waals surface area contributed by atoms with E-state index in [1.807, 2.05) is 5.57 Å². The van der Waals surface area contributed by atoms with Crippen molar-refractivity contribution in [2.75, 3.05) is 0 Å². The minimum atomic E-state index is 0.740. The molecule has 0 saturated carbocycles. The molecule has 11 unspecified atom stereocenters. The van der Waals surface area contributed by atoms with E-state index in [1.165, 1.54) is 584 Å². The minimum Gasteiger partial charge on any atom is -0.103 e. The van der Waals surface area contributed by atoms with E-state index in [2.05, 4.69) is 150 Å². The van der Waals surface area contributed by atoms with Gasteiger partial charge in [0.25, 0.3) is 0 Å². The molecule has 0 rings (SSSR count). The first-order valence-electron chi connectivity index (χ1n) is 59.7. The van der Waals surface area contributed by atoms with Crippen molar-refractivity contribution in [3.05, 3.63) is 86.6 Å². The lowest BCUT2D eigenvalue weighted by molar-refractivity contribution is 0.278. The van der Waals surface area contributed by atoms with Crippen LogP contribution in [-0.2, 0) is 0 Å². The molecule has 0 saturated heterocycles. The van der Waals surface area contributed by atoms with Gasteiger partial charge in [-0.3, -0.25) is 0 Å². The van der Waals surface area contributed by atoms with Crippen molar-refractivity contribution in [3.8, 4) is 0 Å². The highest BCUT2D eigenvalue weighted by Crippen LogP contribution is 2.42. The van der Waals surface area contributed by atoms with Crippen LogP contribution in [0, 0.1) is 65.1 Å². The van der Waals surface area contributed by atoms with Gasteiger partial charge in [-0.15, -0.1) is 32.9 Å². The summed E-state index contributed by atoms with van der Waals surface area (Å²) in [6.07, 6.45) is 146. The Labute approximate surface area is 806 Å². The molecule has 0 aromatic rings. The van der Waals surface area contributed by atoms with Gasteiger partial charge in [0.2, 0.25) is 0 Å². The Hall–Kier alpha value is -1.82. The van der Waals surface area contributed by atoms with Crippen LogP contribution >= 0.6 is 0 Å². The first kappa shape index (κ1) is 125.